The van der Waals surface area contributed by atoms with Crippen LogP contribution in [0.4, 0.5) is 0 Å². The van der Waals surface area contributed by atoms with Crippen molar-refractivity contribution in [3.63, 3.8) is 0 Å². The topological polar surface area (TPSA) is 60.2 Å². The van der Waals surface area contributed by atoms with Gasteiger partial charge in [-0.25, -0.2) is 0 Å². The summed E-state index contributed by atoms with van der Waals surface area (Å²) in [6.07, 6.45) is 3.64. The van der Waals surface area contributed by atoms with Crippen LogP contribution in [0.5, 0.6) is 5.75 Å². The van der Waals surface area contributed by atoms with Gasteiger partial charge in [0.1, 0.15) is 5.75 Å². The van der Waals surface area contributed by atoms with Gasteiger partial charge in [-0.1, -0.05) is 0 Å². The van der Waals surface area contributed by atoms with Gasteiger partial charge in [-0.3, -0.25) is 16.3 Å². The summed E-state index contributed by atoms with van der Waals surface area (Å²) in [4.78, 5) is 4.09. The SMILES string of the molecule is CC(C)Oc1cncc(C(C)NN)c1. The molecule has 0 spiro atoms. The summed E-state index contributed by atoms with van der Waals surface area (Å²) in [7, 11) is 0. The highest BCUT2D eigenvalue weighted by Crippen LogP contribution is 2.17. The number of pyridine rings is 1. The average molecular weight is 195 g/mol. The molecule has 0 aromatic carbocycles. The number of ether oxygens (including phenoxy) is 1. The molecule has 0 fully saturated rings. The van der Waals surface area contributed by atoms with Crippen LogP contribution in [0.1, 0.15) is 32.4 Å². The molecule has 1 aromatic rings. The third kappa shape index (κ3) is 2.97. The van der Waals surface area contributed by atoms with Crippen molar-refractivity contribution in [2.45, 2.75) is 32.9 Å². The Morgan fingerprint density at radius 3 is 2.64 bits per heavy atom. The van der Waals surface area contributed by atoms with Crippen LogP contribution in [0.25, 0.3) is 0 Å². The van der Waals surface area contributed by atoms with Crippen molar-refractivity contribution in [2.24, 2.45) is 5.84 Å². The molecule has 4 nitrogen and oxygen atoms in total. The van der Waals surface area contributed by atoms with Gasteiger partial charge in [0.05, 0.1) is 12.3 Å². The first-order valence-electron chi connectivity index (χ1n) is 4.71. The van der Waals surface area contributed by atoms with Crippen LogP contribution in [0.15, 0.2) is 18.5 Å². The van der Waals surface area contributed by atoms with Gasteiger partial charge in [-0.15, -0.1) is 0 Å². The molecule has 0 amide bonds. The molecule has 0 aliphatic rings. The maximum absolute atomic E-state index is 5.52. The maximum atomic E-state index is 5.52. The first-order chi connectivity index (χ1) is 6.63. The predicted molar refractivity (Wildman–Crippen MR) is 55.7 cm³/mol. The van der Waals surface area contributed by atoms with E-state index in [1.54, 1.807) is 12.4 Å². The van der Waals surface area contributed by atoms with Crippen LogP contribution < -0.4 is 16.0 Å². The van der Waals surface area contributed by atoms with Gasteiger partial charge >= 0.3 is 0 Å². The van der Waals surface area contributed by atoms with E-state index in [1.807, 2.05) is 26.8 Å². The summed E-state index contributed by atoms with van der Waals surface area (Å²) in [5.74, 6) is 6.11. The van der Waals surface area contributed by atoms with Crippen LogP contribution in [0, 0.1) is 0 Å². The highest BCUT2D eigenvalue weighted by Gasteiger charge is 2.05. The minimum Gasteiger partial charge on any atom is -0.489 e. The molecular formula is C10H17N3O. The van der Waals surface area contributed by atoms with Crippen LogP contribution >= 0.6 is 0 Å². The molecular weight excluding hydrogens is 178 g/mol. The summed E-state index contributed by atoms with van der Waals surface area (Å²) < 4.78 is 5.52. The highest BCUT2D eigenvalue weighted by atomic mass is 16.5. The first-order valence-corrected chi connectivity index (χ1v) is 4.71. The second-order valence-electron chi connectivity index (χ2n) is 3.51. The van der Waals surface area contributed by atoms with E-state index < -0.39 is 0 Å². The Kier molecular flexibility index (Phi) is 3.85. The average Bonchev–Trinajstić information content (AvgIpc) is 2.16. The molecule has 0 aliphatic carbocycles. The lowest BCUT2D eigenvalue weighted by atomic mass is 10.1. The van der Waals surface area contributed by atoms with Gasteiger partial charge in [0, 0.05) is 12.2 Å². The molecule has 1 atom stereocenters. The Labute approximate surface area is 84.4 Å². The van der Waals surface area contributed by atoms with Gasteiger partial charge < -0.3 is 4.74 Å². The molecule has 14 heavy (non-hydrogen) atoms. The fraction of sp³-hybridized carbons (Fsp3) is 0.500. The van der Waals surface area contributed by atoms with Gasteiger partial charge in [-0.2, -0.15) is 0 Å². The molecule has 0 bridgehead atoms. The number of rotatable bonds is 4. The third-order valence-electron chi connectivity index (χ3n) is 1.86. The van der Waals surface area contributed by atoms with E-state index in [0.29, 0.717) is 0 Å². The Balaban J connectivity index is 2.78. The standard InChI is InChI=1S/C10H17N3O/c1-7(2)14-10-4-9(5-12-6-10)8(3)13-11/h4-8,13H,11H2,1-3H3. The largest absolute Gasteiger partial charge is 0.489 e. The van der Waals surface area contributed by atoms with E-state index in [4.69, 9.17) is 10.6 Å². The molecule has 1 heterocycles. The maximum Gasteiger partial charge on any atom is 0.138 e. The van der Waals surface area contributed by atoms with E-state index in [1.165, 1.54) is 0 Å². The normalized spacial score (nSPS) is 12.9. The lowest BCUT2D eigenvalue weighted by Crippen LogP contribution is -2.25. The van der Waals surface area contributed by atoms with E-state index in [9.17, 15) is 0 Å². The van der Waals surface area contributed by atoms with E-state index in [0.717, 1.165) is 11.3 Å². The molecule has 0 aliphatic heterocycles. The minimum atomic E-state index is 0.0817. The number of nitrogens with zero attached hydrogens (tertiary/aromatic N) is 1. The van der Waals surface area contributed by atoms with Crippen molar-refractivity contribution >= 4 is 0 Å². The molecule has 3 N–H and O–H groups in total. The predicted octanol–water partition coefficient (Wildman–Crippen LogP) is 1.39. The van der Waals surface area contributed by atoms with Gasteiger partial charge in [-0.05, 0) is 32.4 Å². The molecule has 0 radical (unpaired) electrons. The van der Waals surface area contributed by atoms with Crippen LogP contribution in [0.2, 0.25) is 0 Å². The Bertz CT molecular complexity index is 288. The fourth-order valence-corrected chi connectivity index (χ4v) is 1.11. The molecule has 0 saturated heterocycles. The van der Waals surface area contributed by atoms with Crippen molar-refractivity contribution < 1.29 is 4.74 Å². The quantitative estimate of drug-likeness (QED) is 0.563. The zero-order valence-corrected chi connectivity index (χ0v) is 8.82. The molecule has 78 valence electrons. The number of hydrogen-bond donors (Lipinski definition) is 2. The Hall–Kier alpha value is -1.13. The fourth-order valence-electron chi connectivity index (χ4n) is 1.11. The monoisotopic (exact) mass is 195 g/mol. The summed E-state index contributed by atoms with van der Waals surface area (Å²) in [6.45, 7) is 5.94. The van der Waals surface area contributed by atoms with E-state index in [-0.39, 0.29) is 12.1 Å². The highest BCUT2D eigenvalue weighted by molar-refractivity contribution is 5.25. The van der Waals surface area contributed by atoms with Crippen LogP contribution in [-0.2, 0) is 0 Å². The molecule has 1 rings (SSSR count). The van der Waals surface area contributed by atoms with Crippen molar-refractivity contribution in [3.8, 4) is 5.75 Å². The number of aromatic nitrogens is 1. The number of hydrogen-bond acceptors (Lipinski definition) is 4. The second-order valence-corrected chi connectivity index (χ2v) is 3.51. The summed E-state index contributed by atoms with van der Waals surface area (Å²) >= 11 is 0. The van der Waals surface area contributed by atoms with Gasteiger partial charge in [0.2, 0.25) is 0 Å². The molecule has 4 heteroatoms. The molecule has 0 saturated carbocycles. The first kappa shape index (κ1) is 10.9. The number of nitrogens with one attached hydrogen (secondary N) is 1. The van der Waals surface area contributed by atoms with Crippen molar-refractivity contribution in [1.29, 1.82) is 0 Å². The van der Waals surface area contributed by atoms with Crippen LogP contribution in [0.3, 0.4) is 0 Å². The Morgan fingerprint density at radius 1 is 1.36 bits per heavy atom. The van der Waals surface area contributed by atoms with E-state index >= 15 is 0 Å². The van der Waals surface area contributed by atoms with Crippen molar-refractivity contribution in [1.82, 2.24) is 10.4 Å². The lowest BCUT2D eigenvalue weighted by molar-refractivity contribution is 0.241. The van der Waals surface area contributed by atoms with Crippen LogP contribution in [-0.4, -0.2) is 11.1 Å². The lowest BCUT2D eigenvalue weighted by Gasteiger charge is -2.13. The van der Waals surface area contributed by atoms with Gasteiger partial charge in [0.15, 0.2) is 0 Å². The third-order valence-corrected chi connectivity index (χ3v) is 1.86. The zero-order chi connectivity index (χ0) is 10.6. The Morgan fingerprint density at radius 2 is 2.07 bits per heavy atom. The number of hydrazine groups is 1. The summed E-state index contributed by atoms with van der Waals surface area (Å²) in [6, 6.07) is 2.02. The van der Waals surface area contributed by atoms with Crippen molar-refractivity contribution in [2.75, 3.05) is 0 Å². The number of nitrogens with two attached hydrogens (primary N) is 1. The smallest absolute Gasteiger partial charge is 0.138 e. The molecule has 1 aromatic heterocycles. The summed E-state index contributed by atoms with van der Waals surface area (Å²) in [5.41, 5.74) is 3.69. The minimum absolute atomic E-state index is 0.0817. The van der Waals surface area contributed by atoms with Gasteiger partial charge in [0.25, 0.3) is 0 Å². The van der Waals surface area contributed by atoms with E-state index in [2.05, 4.69) is 10.4 Å². The second kappa shape index (κ2) is 4.93. The summed E-state index contributed by atoms with van der Waals surface area (Å²) in [5, 5.41) is 0. The van der Waals surface area contributed by atoms with Crippen molar-refractivity contribution in [3.05, 3.63) is 24.0 Å². The molecule has 1 unspecified atom stereocenters. The zero-order valence-electron chi connectivity index (χ0n) is 8.82.